The van der Waals surface area contributed by atoms with E-state index in [0.717, 1.165) is 23.3 Å². The van der Waals surface area contributed by atoms with E-state index in [2.05, 4.69) is 5.32 Å². The maximum absolute atomic E-state index is 12.3. The molecule has 0 fully saturated rings. The Balaban J connectivity index is 1.73. The van der Waals surface area contributed by atoms with Gasteiger partial charge in [0.25, 0.3) is 5.91 Å². The van der Waals surface area contributed by atoms with Crippen LogP contribution in [0.2, 0.25) is 10.0 Å². The number of phenolic OH excluding ortho intramolecular Hbond substituents is 1. The number of benzene rings is 2. The molecule has 23 heavy (non-hydrogen) atoms. The minimum Gasteiger partial charge on any atom is -0.505 e. The molecule has 1 atom stereocenters. The van der Waals surface area contributed by atoms with Gasteiger partial charge in [-0.05, 0) is 36.2 Å². The first-order valence-electron chi connectivity index (χ1n) is 7.19. The molecule has 2 aromatic rings. The second-order valence-electron chi connectivity index (χ2n) is 5.51. The predicted octanol–water partition coefficient (Wildman–Crippen LogP) is 3.95. The third-order valence-corrected chi connectivity index (χ3v) is 4.34. The molecule has 1 heterocycles. The van der Waals surface area contributed by atoms with E-state index in [-0.39, 0.29) is 27.5 Å². The summed E-state index contributed by atoms with van der Waals surface area (Å²) in [6.45, 7) is 2.34. The van der Waals surface area contributed by atoms with Crippen LogP contribution >= 0.6 is 23.2 Å². The zero-order chi connectivity index (χ0) is 16.6. The Labute approximate surface area is 144 Å². The van der Waals surface area contributed by atoms with Crippen LogP contribution in [0.5, 0.6) is 11.5 Å². The summed E-state index contributed by atoms with van der Waals surface area (Å²) in [5.41, 5.74) is 2.07. The molecule has 1 aliphatic rings. The predicted molar refractivity (Wildman–Crippen MR) is 89.5 cm³/mol. The number of carbonyl (C=O) groups is 1. The topological polar surface area (TPSA) is 58.6 Å². The number of halogens is 2. The van der Waals surface area contributed by atoms with Crippen LogP contribution in [0.4, 0.5) is 0 Å². The fourth-order valence-corrected chi connectivity index (χ4v) is 3.01. The normalized spacial score (nSPS) is 15.9. The van der Waals surface area contributed by atoms with Gasteiger partial charge in [-0.2, -0.15) is 0 Å². The highest BCUT2D eigenvalue weighted by Gasteiger charge is 2.20. The Kier molecular flexibility index (Phi) is 4.37. The SMILES string of the molecule is CC1Cc2cc(CNC(=O)c3c(Cl)ccc(Cl)c3O)ccc2O1. The first kappa shape index (κ1) is 16.0. The molecule has 1 aliphatic heterocycles. The molecule has 1 amide bonds. The fourth-order valence-electron chi connectivity index (χ4n) is 2.61. The zero-order valence-corrected chi connectivity index (χ0v) is 13.9. The van der Waals surface area contributed by atoms with Gasteiger partial charge in [-0.15, -0.1) is 0 Å². The van der Waals surface area contributed by atoms with Gasteiger partial charge in [0.2, 0.25) is 0 Å². The first-order chi connectivity index (χ1) is 11.0. The Hall–Kier alpha value is -1.91. The molecule has 0 bridgehead atoms. The molecule has 0 saturated heterocycles. The third-order valence-electron chi connectivity index (χ3n) is 3.72. The molecule has 0 aliphatic carbocycles. The van der Waals surface area contributed by atoms with Crippen LogP contribution in [0.15, 0.2) is 30.3 Å². The molecule has 0 aromatic heterocycles. The van der Waals surface area contributed by atoms with Gasteiger partial charge >= 0.3 is 0 Å². The number of nitrogens with one attached hydrogen (secondary N) is 1. The number of hydrogen-bond acceptors (Lipinski definition) is 3. The smallest absolute Gasteiger partial charge is 0.256 e. The Morgan fingerprint density at radius 2 is 2.04 bits per heavy atom. The molecule has 2 N–H and O–H groups in total. The maximum atomic E-state index is 12.3. The number of hydrogen-bond donors (Lipinski definition) is 2. The van der Waals surface area contributed by atoms with Crippen molar-refractivity contribution >= 4 is 29.1 Å². The van der Waals surface area contributed by atoms with E-state index in [4.69, 9.17) is 27.9 Å². The Morgan fingerprint density at radius 1 is 1.30 bits per heavy atom. The highest BCUT2D eigenvalue weighted by molar-refractivity contribution is 6.37. The van der Waals surface area contributed by atoms with Crippen LogP contribution in [-0.2, 0) is 13.0 Å². The number of phenols is 1. The standard InChI is InChI=1S/C17H15Cl2NO3/c1-9-6-11-7-10(2-5-14(11)23-9)8-20-17(22)15-12(18)3-4-13(19)16(15)21/h2-5,7,9,21H,6,8H2,1H3,(H,20,22). The minimum atomic E-state index is -0.472. The van der Waals surface area contributed by atoms with E-state index < -0.39 is 5.91 Å². The van der Waals surface area contributed by atoms with E-state index in [1.165, 1.54) is 12.1 Å². The summed E-state index contributed by atoms with van der Waals surface area (Å²) in [5.74, 6) is 0.107. The molecule has 6 heteroatoms. The van der Waals surface area contributed by atoms with Gasteiger partial charge in [-0.25, -0.2) is 0 Å². The number of carbonyl (C=O) groups excluding carboxylic acids is 1. The van der Waals surface area contributed by atoms with Crippen molar-refractivity contribution < 1.29 is 14.6 Å². The van der Waals surface area contributed by atoms with E-state index >= 15 is 0 Å². The van der Waals surface area contributed by atoms with Crippen molar-refractivity contribution in [3.8, 4) is 11.5 Å². The number of fused-ring (bicyclic) bond motifs is 1. The lowest BCUT2D eigenvalue weighted by molar-refractivity contribution is 0.0948. The largest absolute Gasteiger partial charge is 0.505 e. The minimum absolute atomic E-state index is 0.0164. The summed E-state index contributed by atoms with van der Waals surface area (Å²) in [7, 11) is 0. The van der Waals surface area contributed by atoms with Gasteiger partial charge in [-0.1, -0.05) is 35.3 Å². The second kappa shape index (κ2) is 6.30. The lowest BCUT2D eigenvalue weighted by atomic mass is 10.1. The van der Waals surface area contributed by atoms with Gasteiger partial charge in [0.15, 0.2) is 0 Å². The fraction of sp³-hybridized carbons (Fsp3) is 0.235. The van der Waals surface area contributed by atoms with Crippen molar-refractivity contribution in [2.75, 3.05) is 0 Å². The summed E-state index contributed by atoms with van der Waals surface area (Å²) in [6.07, 6.45) is 1.04. The third kappa shape index (κ3) is 3.23. The number of aromatic hydroxyl groups is 1. The molecule has 0 saturated carbocycles. The second-order valence-corrected chi connectivity index (χ2v) is 6.32. The summed E-state index contributed by atoms with van der Waals surface area (Å²) >= 11 is 11.8. The monoisotopic (exact) mass is 351 g/mol. The van der Waals surface area contributed by atoms with Crippen molar-refractivity contribution in [1.82, 2.24) is 5.32 Å². The van der Waals surface area contributed by atoms with E-state index in [1.54, 1.807) is 0 Å². The van der Waals surface area contributed by atoms with Crippen LogP contribution in [0, 0.1) is 0 Å². The Morgan fingerprint density at radius 3 is 2.83 bits per heavy atom. The summed E-state index contributed by atoms with van der Waals surface area (Å²) < 4.78 is 5.65. The maximum Gasteiger partial charge on any atom is 0.256 e. The highest BCUT2D eigenvalue weighted by Crippen LogP contribution is 2.33. The van der Waals surface area contributed by atoms with Crippen LogP contribution in [0.25, 0.3) is 0 Å². The van der Waals surface area contributed by atoms with Crippen molar-refractivity contribution in [2.24, 2.45) is 0 Å². The summed E-state index contributed by atoms with van der Waals surface area (Å²) in [6, 6.07) is 8.74. The van der Waals surface area contributed by atoms with Crippen molar-refractivity contribution in [3.05, 3.63) is 57.1 Å². The summed E-state index contributed by atoms with van der Waals surface area (Å²) in [4.78, 5) is 12.3. The van der Waals surface area contributed by atoms with Gasteiger partial charge < -0.3 is 15.2 Å². The molecule has 120 valence electrons. The van der Waals surface area contributed by atoms with E-state index in [0.29, 0.717) is 6.54 Å². The van der Waals surface area contributed by atoms with Crippen LogP contribution in [0.3, 0.4) is 0 Å². The van der Waals surface area contributed by atoms with Crippen LogP contribution in [0.1, 0.15) is 28.4 Å². The highest BCUT2D eigenvalue weighted by atomic mass is 35.5. The van der Waals surface area contributed by atoms with Gasteiger partial charge in [0.1, 0.15) is 23.2 Å². The van der Waals surface area contributed by atoms with Crippen molar-refractivity contribution in [3.63, 3.8) is 0 Å². The first-order valence-corrected chi connectivity index (χ1v) is 7.95. The lowest BCUT2D eigenvalue weighted by Crippen LogP contribution is -2.23. The van der Waals surface area contributed by atoms with Gasteiger partial charge in [0, 0.05) is 13.0 Å². The number of ether oxygens (including phenoxy) is 1. The quantitative estimate of drug-likeness (QED) is 0.879. The van der Waals surface area contributed by atoms with Crippen molar-refractivity contribution in [1.29, 1.82) is 0 Å². The van der Waals surface area contributed by atoms with Gasteiger partial charge in [-0.3, -0.25) is 4.79 Å². The molecular weight excluding hydrogens is 337 g/mol. The lowest BCUT2D eigenvalue weighted by Gasteiger charge is -2.10. The number of amides is 1. The average molecular weight is 352 g/mol. The van der Waals surface area contributed by atoms with Crippen LogP contribution in [-0.4, -0.2) is 17.1 Å². The number of rotatable bonds is 3. The van der Waals surface area contributed by atoms with Crippen molar-refractivity contribution in [2.45, 2.75) is 26.0 Å². The average Bonchev–Trinajstić information content (AvgIpc) is 2.88. The molecule has 0 spiro atoms. The van der Waals surface area contributed by atoms with E-state index in [1.807, 2.05) is 25.1 Å². The molecule has 1 unspecified atom stereocenters. The Bertz CT molecular complexity index is 777. The van der Waals surface area contributed by atoms with Crippen LogP contribution < -0.4 is 10.1 Å². The summed E-state index contributed by atoms with van der Waals surface area (Å²) in [5, 5.41) is 12.9. The molecule has 4 nitrogen and oxygen atoms in total. The van der Waals surface area contributed by atoms with E-state index in [9.17, 15) is 9.90 Å². The zero-order valence-electron chi connectivity index (χ0n) is 12.4. The van der Waals surface area contributed by atoms with Gasteiger partial charge in [0.05, 0.1) is 10.0 Å². The molecule has 0 radical (unpaired) electrons. The molecule has 2 aromatic carbocycles. The molecular formula is C17H15Cl2NO3. The molecule has 3 rings (SSSR count).